The molecular formula is C42H38N2O2Si2. The molecule has 0 spiro atoms. The summed E-state index contributed by atoms with van der Waals surface area (Å²) in [7, 11) is -5.86. The fourth-order valence-electron chi connectivity index (χ4n) is 6.52. The molecule has 0 radical (unpaired) electrons. The van der Waals surface area contributed by atoms with Gasteiger partial charge in [-0.1, -0.05) is 188 Å². The summed E-state index contributed by atoms with van der Waals surface area (Å²) in [5, 5.41) is 7.03. The molecular weight excluding hydrogens is 621 g/mol. The van der Waals surface area contributed by atoms with Crippen LogP contribution < -0.4 is 42.1 Å². The minimum atomic E-state index is -2.94. The predicted octanol–water partition coefficient (Wildman–Crippen LogP) is 4.92. The van der Waals surface area contributed by atoms with E-state index in [0.717, 1.165) is 24.2 Å². The molecule has 6 heteroatoms. The van der Waals surface area contributed by atoms with E-state index in [0.29, 0.717) is 0 Å². The molecule has 0 heterocycles. The Balaban J connectivity index is 1.22. The van der Waals surface area contributed by atoms with E-state index in [4.69, 9.17) is 9.05 Å². The minimum absolute atomic E-state index is 0.826. The van der Waals surface area contributed by atoms with Gasteiger partial charge in [0.05, 0.1) is 5.70 Å². The number of allylic oxidation sites excluding steroid dienone is 3. The van der Waals surface area contributed by atoms with Crippen LogP contribution in [0.2, 0.25) is 0 Å². The molecule has 236 valence electrons. The molecule has 0 saturated heterocycles. The Morgan fingerprint density at radius 1 is 0.375 bits per heavy atom. The second-order valence-corrected chi connectivity index (χ2v) is 18.4. The molecule has 0 fully saturated rings. The van der Waals surface area contributed by atoms with Gasteiger partial charge in [-0.05, 0) is 50.0 Å². The quantitative estimate of drug-likeness (QED) is 0.111. The van der Waals surface area contributed by atoms with E-state index in [1.807, 2.05) is 0 Å². The summed E-state index contributed by atoms with van der Waals surface area (Å²) in [5.41, 5.74) is 8.82. The molecule has 0 unspecified atom stereocenters. The second kappa shape index (κ2) is 14.7. The molecule has 48 heavy (non-hydrogen) atoms. The number of benzene rings is 6. The first-order valence-corrected chi connectivity index (χ1v) is 20.2. The standard InChI is InChI=1S/C42H38N2O2Si2/c1-7-22-37(23-8-1)47(38-24-9-2-10-25-38,39-26-11-3-12-27-39)45-43-35-20-19-21-36(34-35)44-46-48(40-28-13-4-14-29-40,41-30-15-5-16-31-41)42-32-17-6-18-33-42/h1-18,20,22-34,43-44H,19,21H2. The Morgan fingerprint density at radius 3 is 0.979 bits per heavy atom. The summed E-state index contributed by atoms with van der Waals surface area (Å²) in [5.74, 6) is 0. The largest absolute Gasteiger partial charge is 0.321 e. The van der Waals surface area contributed by atoms with Crippen LogP contribution in [-0.4, -0.2) is 16.6 Å². The van der Waals surface area contributed by atoms with Gasteiger partial charge >= 0.3 is 16.6 Å². The first-order chi connectivity index (χ1) is 23.8. The van der Waals surface area contributed by atoms with Gasteiger partial charge < -0.3 is 9.05 Å². The molecule has 0 amide bonds. The van der Waals surface area contributed by atoms with Crippen LogP contribution in [0.25, 0.3) is 0 Å². The molecule has 6 aromatic rings. The summed E-state index contributed by atoms with van der Waals surface area (Å²) in [6.07, 6.45) is 5.99. The summed E-state index contributed by atoms with van der Waals surface area (Å²) >= 11 is 0. The molecule has 2 N–H and O–H groups in total. The van der Waals surface area contributed by atoms with Crippen LogP contribution in [-0.2, 0) is 9.05 Å². The highest BCUT2D eigenvalue weighted by molar-refractivity contribution is 7.07. The van der Waals surface area contributed by atoms with Crippen LogP contribution in [0.3, 0.4) is 0 Å². The number of hydrogen-bond donors (Lipinski definition) is 2. The third-order valence-electron chi connectivity index (χ3n) is 8.85. The highest BCUT2D eigenvalue weighted by Gasteiger charge is 2.44. The van der Waals surface area contributed by atoms with Crippen molar-refractivity contribution in [3.8, 4) is 0 Å². The zero-order valence-electron chi connectivity index (χ0n) is 26.7. The highest BCUT2D eigenvalue weighted by atomic mass is 28.4. The SMILES string of the molecule is C1=C(NO[Si](c2ccccc2)(c2ccccc2)c2ccccc2)C=C(NO[Si](c2ccccc2)(c2ccccc2)c2ccccc2)CC1. The van der Waals surface area contributed by atoms with Gasteiger partial charge in [0.1, 0.15) is 0 Å². The Kier molecular flexibility index (Phi) is 9.58. The maximum absolute atomic E-state index is 7.06. The molecule has 1 aliphatic rings. The lowest BCUT2D eigenvalue weighted by atomic mass is 10.1. The van der Waals surface area contributed by atoms with Gasteiger partial charge in [-0.25, -0.2) is 0 Å². The van der Waals surface area contributed by atoms with Crippen LogP contribution >= 0.6 is 0 Å². The summed E-state index contributed by atoms with van der Waals surface area (Å²) in [6, 6.07) is 63.7. The van der Waals surface area contributed by atoms with Crippen LogP contribution in [0.15, 0.2) is 206 Å². The van der Waals surface area contributed by atoms with E-state index >= 15 is 0 Å². The molecule has 4 nitrogen and oxygen atoms in total. The van der Waals surface area contributed by atoms with E-state index < -0.39 is 16.6 Å². The lowest BCUT2D eigenvalue weighted by Crippen LogP contribution is -2.71. The smallest absolute Gasteiger partial charge is 0.305 e. The number of rotatable bonds is 12. The molecule has 0 aliphatic heterocycles. The van der Waals surface area contributed by atoms with Gasteiger partial charge in [0.2, 0.25) is 0 Å². The van der Waals surface area contributed by atoms with Crippen LogP contribution in [0, 0.1) is 0 Å². The average Bonchev–Trinajstić information content (AvgIpc) is 3.18. The van der Waals surface area contributed by atoms with Crippen molar-refractivity contribution in [2.24, 2.45) is 0 Å². The predicted molar refractivity (Wildman–Crippen MR) is 202 cm³/mol. The van der Waals surface area contributed by atoms with Gasteiger partial charge in [0, 0.05) is 5.70 Å². The van der Waals surface area contributed by atoms with Crippen LogP contribution in [0.5, 0.6) is 0 Å². The van der Waals surface area contributed by atoms with E-state index in [-0.39, 0.29) is 0 Å². The van der Waals surface area contributed by atoms with Crippen molar-refractivity contribution in [3.63, 3.8) is 0 Å². The summed E-state index contributed by atoms with van der Waals surface area (Å²) in [6.45, 7) is 0. The maximum atomic E-state index is 7.06. The third kappa shape index (κ3) is 6.34. The topological polar surface area (TPSA) is 42.5 Å². The van der Waals surface area contributed by atoms with Gasteiger partial charge in [0.25, 0.3) is 0 Å². The first kappa shape index (κ1) is 31.4. The van der Waals surface area contributed by atoms with E-state index in [2.05, 4.69) is 205 Å². The van der Waals surface area contributed by atoms with Crippen molar-refractivity contribution >= 4 is 47.8 Å². The van der Waals surface area contributed by atoms with Gasteiger partial charge in [0.15, 0.2) is 0 Å². The lowest BCUT2D eigenvalue weighted by molar-refractivity contribution is 0.220. The van der Waals surface area contributed by atoms with E-state index in [9.17, 15) is 0 Å². The Hall–Kier alpha value is -5.25. The fourth-order valence-corrected chi connectivity index (χ4v) is 13.8. The average molecular weight is 659 g/mol. The highest BCUT2D eigenvalue weighted by Crippen LogP contribution is 2.18. The van der Waals surface area contributed by atoms with E-state index in [1.54, 1.807) is 0 Å². The van der Waals surface area contributed by atoms with Crippen molar-refractivity contribution in [2.75, 3.05) is 0 Å². The van der Waals surface area contributed by atoms with E-state index in [1.165, 1.54) is 31.1 Å². The van der Waals surface area contributed by atoms with Crippen LogP contribution in [0.4, 0.5) is 0 Å². The van der Waals surface area contributed by atoms with Crippen molar-refractivity contribution < 1.29 is 9.05 Å². The molecule has 0 bridgehead atoms. The minimum Gasteiger partial charge on any atom is -0.305 e. The van der Waals surface area contributed by atoms with Crippen molar-refractivity contribution in [1.29, 1.82) is 0 Å². The summed E-state index contributed by atoms with van der Waals surface area (Å²) < 4.78 is 14.1. The van der Waals surface area contributed by atoms with Crippen LogP contribution in [0.1, 0.15) is 12.8 Å². The monoisotopic (exact) mass is 658 g/mol. The van der Waals surface area contributed by atoms with Crippen molar-refractivity contribution in [3.05, 3.63) is 206 Å². The molecule has 0 aromatic heterocycles. The number of nitrogens with one attached hydrogen (secondary N) is 2. The lowest BCUT2D eigenvalue weighted by Gasteiger charge is -2.34. The first-order valence-electron chi connectivity index (χ1n) is 16.4. The molecule has 7 rings (SSSR count). The third-order valence-corrected chi connectivity index (χ3v) is 16.5. The van der Waals surface area contributed by atoms with Gasteiger partial charge in [-0.15, -0.1) is 0 Å². The van der Waals surface area contributed by atoms with Crippen molar-refractivity contribution in [1.82, 2.24) is 11.0 Å². The molecule has 6 aromatic carbocycles. The van der Waals surface area contributed by atoms with Crippen molar-refractivity contribution in [2.45, 2.75) is 12.8 Å². The summed E-state index contributed by atoms with van der Waals surface area (Å²) in [4.78, 5) is 0. The maximum Gasteiger partial charge on any atom is 0.321 e. The second-order valence-electron chi connectivity index (χ2n) is 11.8. The number of hydroxylamine groups is 2. The Morgan fingerprint density at radius 2 is 0.667 bits per heavy atom. The Bertz CT molecular complexity index is 1760. The fraction of sp³-hybridized carbons (Fsp3) is 0.0476. The molecule has 0 atom stereocenters. The molecule has 1 aliphatic carbocycles. The zero-order valence-corrected chi connectivity index (χ0v) is 28.7. The van der Waals surface area contributed by atoms with Gasteiger partial charge in [-0.3, -0.25) is 11.0 Å². The normalized spacial score (nSPS) is 13.2. The zero-order chi connectivity index (χ0) is 32.5. The number of hydrogen-bond acceptors (Lipinski definition) is 4. The molecule has 0 saturated carbocycles. The Labute approximate surface area is 285 Å². The van der Waals surface area contributed by atoms with Gasteiger partial charge in [-0.2, -0.15) is 0 Å².